The molecule has 1 aliphatic rings. The molecule has 1 aliphatic heterocycles. The number of hydrogen-bond donors (Lipinski definition) is 0. The molecule has 1 aromatic carbocycles. The van der Waals surface area contributed by atoms with E-state index in [2.05, 4.69) is 41.6 Å². The fraction of sp³-hybridized carbons (Fsp3) is 0.353. The van der Waals surface area contributed by atoms with Crippen molar-refractivity contribution in [2.45, 2.75) is 25.3 Å². The van der Waals surface area contributed by atoms with Crippen molar-refractivity contribution in [3.05, 3.63) is 50.0 Å². The molecule has 3 rings (SSSR count). The van der Waals surface area contributed by atoms with E-state index in [0.29, 0.717) is 34.9 Å². The lowest BCUT2D eigenvalue weighted by atomic mass is 10.0. The van der Waals surface area contributed by atoms with Gasteiger partial charge < -0.3 is 14.0 Å². The van der Waals surface area contributed by atoms with Crippen molar-refractivity contribution in [3.63, 3.8) is 0 Å². The summed E-state index contributed by atoms with van der Waals surface area (Å²) in [6, 6.07) is 3.55. The van der Waals surface area contributed by atoms with Crippen molar-refractivity contribution >= 4 is 31.9 Å². The monoisotopic (exact) mass is 530 g/mol. The van der Waals surface area contributed by atoms with E-state index < -0.39 is 30.1 Å². The van der Waals surface area contributed by atoms with Crippen molar-refractivity contribution in [1.82, 2.24) is 4.57 Å². The van der Waals surface area contributed by atoms with Crippen molar-refractivity contribution in [2.75, 3.05) is 6.61 Å². The predicted octanol–water partition coefficient (Wildman–Crippen LogP) is 5.59. The summed E-state index contributed by atoms with van der Waals surface area (Å²) in [5.74, 6) is -0.100. The van der Waals surface area contributed by atoms with E-state index in [0.717, 1.165) is 15.2 Å². The minimum Gasteiger partial charge on any atom is -0.492 e. The summed E-state index contributed by atoms with van der Waals surface area (Å²) in [7, 11) is 1.30. The molecular weight excluding hydrogens is 519 g/mol. The molecule has 0 saturated carbocycles. The Morgan fingerprint density at radius 2 is 2.00 bits per heavy atom. The summed E-state index contributed by atoms with van der Waals surface area (Å²) < 4.78 is 77.2. The fourth-order valence-corrected chi connectivity index (χ4v) is 3.63. The zero-order chi connectivity index (χ0) is 20.6. The second kappa shape index (κ2) is 8.02. The van der Waals surface area contributed by atoms with E-state index in [1.807, 2.05) is 0 Å². The summed E-state index contributed by atoms with van der Waals surface area (Å²) in [6.07, 6.45) is -3.50. The van der Waals surface area contributed by atoms with Crippen LogP contribution in [0.2, 0.25) is 0 Å². The molecule has 0 spiro atoms. The summed E-state index contributed by atoms with van der Waals surface area (Å²) in [5.41, 5.74) is -0.543. The van der Waals surface area contributed by atoms with Gasteiger partial charge in [0.05, 0.1) is 22.7 Å². The first-order valence-electron chi connectivity index (χ1n) is 7.95. The van der Waals surface area contributed by atoms with E-state index in [-0.39, 0.29) is 5.49 Å². The second-order valence-electron chi connectivity index (χ2n) is 5.97. The first kappa shape index (κ1) is 21.1. The van der Waals surface area contributed by atoms with Crippen molar-refractivity contribution < 1.29 is 31.4 Å². The Labute approximate surface area is 173 Å². The highest BCUT2D eigenvalue weighted by molar-refractivity contribution is 9.13. The molecule has 1 atom stereocenters. The molecule has 0 saturated heterocycles. The number of halogens is 7. The third-order valence-electron chi connectivity index (χ3n) is 4.07. The number of rotatable bonds is 3. The maximum absolute atomic E-state index is 13.0. The van der Waals surface area contributed by atoms with Gasteiger partial charge in [0.2, 0.25) is 0 Å². The minimum absolute atomic E-state index is 0.120. The van der Waals surface area contributed by atoms with Crippen LogP contribution in [0, 0.1) is 0 Å². The van der Waals surface area contributed by atoms with E-state index in [1.165, 1.54) is 7.05 Å². The zero-order valence-electron chi connectivity index (χ0n) is 14.2. The molecular formula is C17H13Br2F5N2O2. The molecule has 11 heteroatoms. The number of alkyl halides is 5. The number of nitrogens with zero attached hydrogens (tertiary/aromatic N) is 2. The maximum atomic E-state index is 13.0. The van der Waals surface area contributed by atoms with Crippen LogP contribution in [0.25, 0.3) is 0 Å². The Morgan fingerprint density at radius 1 is 1.29 bits per heavy atom. The maximum Gasteiger partial charge on any atom is 0.417 e. The van der Waals surface area contributed by atoms with Gasteiger partial charge >= 0.3 is 12.8 Å². The lowest BCUT2D eigenvalue weighted by Gasteiger charge is -2.25. The highest BCUT2D eigenvalue weighted by Gasteiger charge is 2.33. The molecule has 28 heavy (non-hydrogen) atoms. The number of fused-ring (bicyclic) bond motifs is 1. The van der Waals surface area contributed by atoms with Crippen LogP contribution >= 0.6 is 31.9 Å². The quantitative estimate of drug-likeness (QED) is 0.484. The average Bonchev–Trinajstić information content (AvgIpc) is 2.59. The summed E-state index contributed by atoms with van der Waals surface area (Å²) in [5, 5.41) is 0. The fourth-order valence-electron chi connectivity index (χ4n) is 2.84. The lowest BCUT2D eigenvalue weighted by molar-refractivity contribution is -0.138. The molecule has 152 valence electrons. The van der Waals surface area contributed by atoms with Crippen LogP contribution in [0.1, 0.15) is 23.6 Å². The molecule has 2 aromatic rings. The minimum atomic E-state index is -4.71. The lowest BCUT2D eigenvalue weighted by Crippen LogP contribution is -2.26. The smallest absolute Gasteiger partial charge is 0.417 e. The van der Waals surface area contributed by atoms with Gasteiger partial charge in [-0.05, 0) is 44.0 Å². The third-order valence-corrected chi connectivity index (χ3v) is 6.05. The van der Waals surface area contributed by atoms with E-state index in [4.69, 9.17) is 4.74 Å². The largest absolute Gasteiger partial charge is 0.492 e. The number of aryl methyl sites for hydroxylation is 1. The van der Waals surface area contributed by atoms with Gasteiger partial charge in [-0.25, -0.2) is 0 Å². The number of ether oxygens (including phenoxy) is 2. The molecule has 4 nitrogen and oxygen atoms in total. The van der Waals surface area contributed by atoms with Crippen molar-refractivity contribution in [3.8, 4) is 11.5 Å². The average molecular weight is 532 g/mol. The Bertz CT molecular complexity index is 960. The molecule has 1 unspecified atom stereocenters. The second-order valence-corrected chi connectivity index (χ2v) is 7.61. The number of hydrogen-bond acceptors (Lipinski definition) is 3. The Hall–Kier alpha value is -1.62. The van der Waals surface area contributed by atoms with Crippen LogP contribution in [0.5, 0.6) is 11.5 Å². The van der Waals surface area contributed by atoms with Crippen LogP contribution in [-0.2, 0) is 13.2 Å². The van der Waals surface area contributed by atoms with E-state index >= 15 is 0 Å². The molecule has 2 heterocycles. The van der Waals surface area contributed by atoms with E-state index in [1.54, 1.807) is 12.1 Å². The van der Waals surface area contributed by atoms with Crippen molar-refractivity contribution in [1.29, 1.82) is 0 Å². The van der Waals surface area contributed by atoms with Crippen LogP contribution in [0.15, 0.2) is 38.3 Å². The summed E-state index contributed by atoms with van der Waals surface area (Å²) in [4.78, 5) is 4.43. The molecule has 0 aliphatic carbocycles. The predicted molar refractivity (Wildman–Crippen MR) is 97.3 cm³/mol. The van der Waals surface area contributed by atoms with Gasteiger partial charge in [0.25, 0.3) is 0 Å². The van der Waals surface area contributed by atoms with Gasteiger partial charge in [0, 0.05) is 29.7 Å². The standard InChI is InChI=1S/C17H13Br2F5N2O2/c1-26-7-8(17(22,23)24)6-12(28-16(20)21)15(26)25-11-4-5-27-14-9(11)2-3-10(18)13(14)19/h2-3,6-7,11,16H,4-5H2,1H3. The molecule has 0 amide bonds. The van der Waals surface area contributed by atoms with Gasteiger partial charge in [-0.15, -0.1) is 0 Å². The molecule has 0 N–H and O–H groups in total. The van der Waals surface area contributed by atoms with Gasteiger partial charge in [-0.1, -0.05) is 6.07 Å². The SMILES string of the molecule is Cn1cc(C(F)(F)F)cc(OC(F)F)c1=NC1CCOc2c1ccc(Br)c2Br. The van der Waals surface area contributed by atoms with Crippen molar-refractivity contribution in [2.24, 2.45) is 12.0 Å². The van der Waals surface area contributed by atoms with E-state index in [9.17, 15) is 22.0 Å². The molecule has 0 radical (unpaired) electrons. The van der Waals surface area contributed by atoms with Crippen LogP contribution in [0.4, 0.5) is 22.0 Å². The molecule has 0 bridgehead atoms. The summed E-state index contributed by atoms with van der Waals surface area (Å²) >= 11 is 6.77. The topological polar surface area (TPSA) is 35.8 Å². The molecule has 0 fully saturated rings. The number of benzene rings is 1. The normalized spacial score (nSPS) is 17.5. The summed E-state index contributed by atoms with van der Waals surface area (Å²) in [6.45, 7) is -2.98. The highest BCUT2D eigenvalue weighted by Crippen LogP contribution is 2.43. The molecule has 1 aromatic heterocycles. The Balaban J connectivity index is 2.16. The first-order chi connectivity index (χ1) is 13.1. The van der Waals surface area contributed by atoms with Gasteiger partial charge in [0.1, 0.15) is 5.75 Å². The first-order valence-corrected chi connectivity index (χ1v) is 9.53. The number of pyridine rings is 1. The van der Waals surface area contributed by atoms with Gasteiger partial charge in [0.15, 0.2) is 11.2 Å². The Morgan fingerprint density at radius 3 is 2.64 bits per heavy atom. The highest BCUT2D eigenvalue weighted by atomic mass is 79.9. The third kappa shape index (κ3) is 4.35. The van der Waals surface area contributed by atoms with Crippen LogP contribution < -0.4 is 15.0 Å². The van der Waals surface area contributed by atoms with Gasteiger partial charge in [-0.2, -0.15) is 22.0 Å². The van der Waals surface area contributed by atoms with Crippen LogP contribution in [0.3, 0.4) is 0 Å². The Kier molecular flexibility index (Phi) is 6.04. The number of aromatic nitrogens is 1. The van der Waals surface area contributed by atoms with Gasteiger partial charge in [-0.3, -0.25) is 4.99 Å². The van der Waals surface area contributed by atoms with Crippen LogP contribution in [-0.4, -0.2) is 17.8 Å². The zero-order valence-corrected chi connectivity index (χ0v) is 17.4.